The molecule has 1 amide bonds. The summed E-state index contributed by atoms with van der Waals surface area (Å²) in [6, 6.07) is 5.82. The van der Waals surface area contributed by atoms with Crippen LogP contribution in [-0.2, 0) is 21.2 Å². The van der Waals surface area contributed by atoms with Crippen molar-refractivity contribution in [1.29, 1.82) is 0 Å². The van der Waals surface area contributed by atoms with Crippen molar-refractivity contribution >= 4 is 27.1 Å². The van der Waals surface area contributed by atoms with E-state index in [9.17, 15) is 23.3 Å². The summed E-state index contributed by atoms with van der Waals surface area (Å²) in [4.78, 5) is 22.7. The Morgan fingerprint density at radius 2 is 1.88 bits per heavy atom. The van der Waals surface area contributed by atoms with E-state index in [1.54, 1.807) is 6.92 Å². The number of hydrogen-bond donors (Lipinski definition) is 1. The molecule has 134 valence electrons. The van der Waals surface area contributed by atoms with E-state index in [1.165, 1.54) is 42.8 Å². The number of anilines is 1. The third-order valence-electron chi connectivity index (χ3n) is 3.70. The molecule has 1 aromatic heterocycles. The highest BCUT2D eigenvalue weighted by Crippen LogP contribution is 2.22. The van der Waals surface area contributed by atoms with Crippen LogP contribution in [-0.4, -0.2) is 34.8 Å². The molecule has 1 heterocycles. The smallest absolute Gasteiger partial charge is 0.312 e. The lowest BCUT2D eigenvalue weighted by Crippen LogP contribution is -2.20. The molecule has 0 saturated heterocycles. The molecular formula is C15H18N4O5S. The topological polar surface area (TPSA) is 124 Å². The van der Waals surface area contributed by atoms with Crippen LogP contribution >= 0.6 is 0 Å². The van der Waals surface area contributed by atoms with Crippen LogP contribution in [0.4, 0.5) is 11.4 Å². The summed E-state index contributed by atoms with van der Waals surface area (Å²) in [5.74, 6) is -0.429. The van der Waals surface area contributed by atoms with E-state index in [0.717, 1.165) is 0 Å². The maximum Gasteiger partial charge on any atom is 0.312 e. The first kappa shape index (κ1) is 18.6. The standard InChI is InChI=1S/C15H18N4O5S/c1-4-25(23,24)13-7-5-12(6-8-13)16-14(20)9-18-11(3)15(19(21)22)10(2)17-18/h5-8H,4,9H2,1-3H3,(H,16,20). The minimum atomic E-state index is -3.30. The maximum atomic E-state index is 12.1. The maximum absolute atomic E-state index is 12.1. The molecule has 10 heteroatoms. The van der Waals surface area contributed by atoms with Crippen molar-refractivity contribution in [3.05, 3.63) is 45.8 Å². The molecular weight excluding hydrogens is 348 g/mol. The highest BCUT2D eigenvalue weighted by molar-refractivity contribution is 7.91. The van der Waals surface area contributed by atoms with Gasteiger partial charge in [0.25, 0.3) is 0 Å². The number of nitrogens with zero attached hydrogens (tertiary/aromatic N) is 3. The summed E-state index contributed by atoms with van der Waals surface area (Å²) in [7, 11) is -3.30. The molecule has 0 bridgehead atoms. The van der Waals surface area contributed by atoms with E-state index < -0.39 is 20.7 Å². The Kier molecular flexibility index (Phi) is 5.21. The van der Waals surface area contributed by atoms with Gasteiger partial charge in [-0.3, -0.25) is 19.6 Å². The number of sulfone groups is 1. The van der Waals surface area contributed by atoms with Crippen molar-refractivity contribution in [2.24, 2.45) is 0 Å². The molecule has 25 heavy (non-hydrogen) atoms. The Morgan fingerprint density at radius 3 is 2.36 bits per heavy atom. The van der Waals surface area contributed by atoms with E-state index in [4.69, 9.17) is 0 Å². The van der Waals surface area contributed by atoms with Crippen LogP contribution in [0.3, 0.4) is 0 Å². The average Bonchev–Trinajstić information content (AvgIpc) is 2.81. The van der Waals surface area contributed by atoms with Crippen LogP contribution in [0.25, 0.3) is 0 Å². The van der Waals surface area contributed by atoms with Crippen LogP contribution in [0.2, 0.25) is 0 Å². The van der Waals surface area contributed by atoms with E-state index in [2.05, 4.69) is 10.4 Å². The number of carbonyl (C=O) groups is 1. The lowest BCUT2D eigenvalue weighted by molar-refractivity contribution is -0.386. The molecule has 0 atom stereocenters. The van der Waals surface area contributed by atoms with Gasteiger partial charge in [-0.25, -0.2) is 8.42 Å². The Balaban J connectivity index is 2.11. The fraction of sp³-hybridized carbons (Fsp3) is 0.333. The van der Waals surface area contributed by atoms with Crippen molar-refractivity contribution in [1.82, 2.24) is 9.78 Å². The second-order valence-electron chi connectivity index (χ2n) is 5.41. The molecule has 0 saturated carbocycles. The second kappa shape index (κ2) is 7.01. The summed E-state index contributed by atoms with van der Waals surface area (Å²) in [6.07, 6.45) is 0. The lowest BCUT2D eigenvalue weighted by atomic mass is 10.3. The van der Waals surface area contributed by atoms with E-state index >= 15 is 0 Å². The van der Waals surface area contributed by atoms with Crippen LogP contribution in [0.1, 0.15) is 18.3 Å². The number of nitrogens with one attached hydrogen (secondary N) is 1. The van der Waals surface area contributed by atoms with E-state index in [-0.39, 0.29) is 28.6 Å². The number of aryl methyl sites for hydroxylation is 1. The molecule has 2 rings (SSSR count). The summed E-state index contributed by atoms with van der Waals surface area (Å²) in [6.45, 7) is 4.40. The van der Waals surface area contributed by atoms with Crippen molar-refractivity contribution in [3.8, 4) is 0 Å². The van der Waals surface area contributed by atoms with E-state index in [1.807, 2.05) is 0 Å². The normalized spacial score (nSPS) is 11.3. The fourth-order valence-electron chi connectivity index (χ4n) is 2.35. The summed E-state index contributed by atoms with van der Waals surface area (Å²) < 4.78 is 24.8. The molecule has 9 nitrogen and oxygen atoms in total. The SMILES string of the molecule is CCS(=O)(=O)c1ccc(NC(=O)Cn2nc(C)c([N+](=O)[O-])c2C)cc1. The minimum absolute atomic E-state index is 0.00455. The van der Waals surface area contributed by atoms with Crippen molar-refractivity contribution in [3.63, 3.8) is 0 Å². The molecule has 0 aliphatic carbocycles. The number of nitro groups is 1. The zero-order chi connectivity index (χ0) is 18.8. The van der Waals surface area contributed by atoms with Gasteiger partial charge in [0.1, 0.15) is 17.9 Å². The predicted molar refractivity (Wildman–Crippen MR) is 91.2 cm³/mol. The molecule has 0 fully saturated rings. The lowest BCUT2D eigenvalue weighted by Gasteiger charge is -2.07. The monoisotopic (exact) mass is 366 g/mol. The zero-order valence-corrected chi connectivity index (χ0v) is 14.8. The van der Waals surface area contributed by atoms with Gasteiger partial charge in [0, 0.05) is 5.69 Å². The molecule has 0 aliphatic rings. The van der Waals surface area contributed by atoms with Gasteiger partial charge in [-0.15, -0.1) is 0 Å². The number of amides is 1. The summed E-state index contributed by atoms with van der Waals surface area (Å²) in [5.41, 5.74) is 0.851. The third kappa shape index (κ3) is 4.02. The van der Waals surface area contributed by atoms with Gasteiger partial charge in [0.2, 0.25) is 5.91 Å². The van der Waals surface area contributed by atoms with Crippen LogP contribution in [0, 0.1) is 24.0 Å². The Bertz CT molecular complexity index is 916. The quantitative estimate of drug-likeness (QED) is 0.614. The van der Waals surface area contributed by atoms with Crippen LogP contribution in [0.5, 0.6) is 0 Å². The van der Waals surface area contributed by atoms with E-state index in [0.29, 0.717) is 11.4 Å². The molecule has 0 unspecified atom stereocenters. The Hall–Kier alpha value is -2.75. The van der Waals surface area contributed by atoms with Gasteiger partial charge in [-0.05, 0) is 38.1 Å². The largest absolute Gasteiger partial charge is 0.324 e. The molecule has 1 aromatic carbocycles. The summed E-state index contributed by atoms with van der Waals surface area (Å²) in [5, 5.41) is 17.6. The van der Waals surface area contributed by atoms with Crippen LogP contribution < -0.4 is 5.32 Å². The van der Waals surface area contributed by atoms with Crippen LogP contribution in [0.15, 0.2) is 29.2 Å². The second-order valence-corrected chi connectivity index (χ2v) is 7.69. The molecule has 0 spiro atoms. The van der Waals surface area contributed by atoms with Gasteiger partial charge in [-0.2, -0.15) is 5.10 Å². The Morgan fingerprint density at radius 1 is 1.28 bits per heavy atom. The highest BCUT2D eigenvalue weighted by atomic mass is 32.2. The number of carbonyl (C=O) groups excluding carboxylic acids is 1. The van der Waals surface area contributed by atoms with Crippen molar-refractivity contribution in [2.45, 2.75) is 32.2 Å². The zero-order valence-electron chi connectivity index (χ0n) is 14.0. The fourth-order valence-corrected chi connectivity index (χ4v) is 3.24. The molecule has 2 aromatic rings. The summed E-state index contributed by atoms with van der Waals surface area (Å²) >= 11 is 0. The number of rotatable bonds is 6. The molecule has 1 N–H and O–H groups in total. The molecule has 0 radical (unpaired) electrons. The highest BCUT2D eigenvalue weighted by Gasteiger charge is 2.22. The average molecular weight is 366 g/mol. The predicted octanol–water partition coefficient (Wildman–Crippen LogP) is 1.84. The first-order chi connectivity index (χ1) is 11.7. The first-order valence-electron chi connectivity index (χ1n) is 7.46. The minimum Gasteiger partial charge on any atom is -0.324 e. The Labute approximate surface area is 144 Å². The first-order valence-corrected chi connectivity index (χ1v) is 9.12. The van der Waals surface area contributed by atoms with Crippen molar-refractivity contribution in [2.75, 3.05) is 11.1 Å². The third-order valence-corrected chi connectivity index (χ3v) is 5.45. The van der Waals surface area contributed by atoms with Gasteiger partial charge in [0.15, 0.2) is 9.84 Å². The number of benzene rings is 1. The molecule has 0 aliphatic heterocycles. The van der Waals surface area contributed by atoms with Gasteiger partial charge in [0.05, 0.1) is 15.6 Å². The van der Waals surface area contributed by atoms with Gasteiger partial charge < -0.3 is 5.32 Å². The number of hydrogen-bond acceptors (Lipinski definition) is 6. The van der Waals surface area contributed by atoms with Gasteiger partial charge in [-0.1, -0.05) is 6.92 Å². The van der Waals surface area contributed by atoms with Gasteiger partial charge >= 0.3 is 5.69 Å². The van der Waals surface area contributed by atoms with Crippen molar-refractivity contribution < 1.29 is 18.1 Å². The number of aromatic nitrogens is 2.